The molecule has 0 bridgehead atoms. The minimum atomic E-state index is 0. The summed E-state index contributed by atoms with van der Waals surface area (Å²) in [5, 5.41) is 2.27. The van der Waals surface area contributed by atoms with Crippen molar-refractivity contribution in [3.05, 3.63) is 188 Å². The van der Waals surface area contributed by atoms with Gasteiger partial charge in [0, 0.05) is 29.0 Å². The van der Waals surface area contributed by atoms with Crippen LogP contribution in [0.2, 0.25) is 0 Å². The van der Waals surface area contributed by atoms with Crippen LogP contribution in [0.4, 0.5) is 0 Å². The monoisotopic (exact) mass is 898 g/mol. The van der Waals surface area contributed by atoms with Gasteiger partial charge in [0.2, 0.25) is 11.6 Å². The maximum Gasteiger partial charge on any atom is 2.00 e. The number of fused-ring (bicyclic) bond motifs is 9. The standard InChI is InChI=1S/C48H29N7.Pt/c1-3-14-32(15-4-1)45-46(33-16-5-2-6-17-33)54(47-49-28-29-51(45)47)35-19-13-18-34(30-35)52-40-22-9-7-20-37(40)38-27-26-36(31-44(38)52)53-42-24-11-12-25-43(42)55-41-23-10-8-21-39(41)50-48(53)55;/h1-29H;/q-2;+2. The third-order valence-corrected chi connectivity index (χ3v) is 10.8. The minimum absolute atomic E-state index is 0. The van der Waals surface area contributed by atoms with Gasteiger partial charge in [0.1, 0.15) is 0 Å². The first-order chi connectivity index (χ1) is 27.3. The molecule has 0 saturated carbocycles. The molecule has 0 atom stereocenters. The van der Waals surface area contributed by atoms with Crippen LogP contribution in [0, 0.1) is 12.1 Å². The quantitative estimate of drug-likeness (QED) is 0.162. The predicted molar refractivity (Wildman–Crippen MR) is 220 cm³/mol. The molecule has 266 valence electrons. The van der Waals surface area contributed by atoms with E-state index in [9.17, 15) is 0 Å². The molecule has 7 aromatic carbocycles. The van der Waals surface area contributed by atoms with Crippen molar-refractivity contribution in [3.8, 4) is 39.6 Å². The van der Waals surface area contributed by atoms with Gasteiger partial charge in [0.15, 0.2) is 0 Å². The van der Waals surface area contributed by atoms with Gasteiger partial charge in [-0.15, -0.1) is 35.7 Å². The van der Waals surface area contributed by atoms with Crippen LogP contribution in [-0.2, 0) is 21.1 Å². The molecule has 0 amide bonds. The van der Waals surface area contributed by atoms with Gasteiger partial charge in [-0.25, -0.2) is 9.97 Å². The van der Waals surface area contributed by atoms with Crippen LogP contribution < -0.4 is 0 Å². The average molecular weight is 899 g/mol. The van der Waals surface area contributed by atoms with Crippen molar-refractivity contribution in [2.75, 3.05) is 0 Å². The summed E-state index contributed by atoms with van der Waals surface area (Å²) in [6, 6.07) is 65.0. The van der Waals surface area contributed by atoms with E-state index in [0.29, 0.717) is 0 Å². The molecule has 0 N–H and O–H groups in total. The zero-order valence-electron chi connectivity index (χ0n) is 29.7. The molecule has 7 nitrogen and oxygen atoms in total. The van der Waals surface area contributed by atoms with Crippen molar-refractivity contribution in [3.63, 3.8) is 0 Å². The molecule has 0 fully saturated rings. The molecule has 12 rings (SSSR count). The molecular formula is C48H29N7Pt. The van der Waals surface area contributed by atoms with E-state index >= 15 is 0 Å². The molecule has 12 aromatic rings. The van der Waals surface area contributed by atoms with Crippen molar-refractivity contribution >= 4 is 55.4 Å². The van der Waals surface area contributed by atoms with E-state index in [-0.39, 0.29) is 21.1 Å². The Bertz CT molecular complexity index is 3440. The van der Waals surface area contributed by atoms with Crippen molar-refractivity contribution in [2.24, 2.45) is 0 Å². The van der Waals surface area contributed by atoms with Crippen LogP contribution in [0.5, 0.6) is 0 Å². The average Bonchev–Trinajstić information content (AvgIpc) is 4.06. The Morgan fingerprint density at radius 2 is 1.05 bits per heavy atom. The fourth-order valence-corrected chi connectivity index (χ4v) is 8.47. The summed E-state index contributed by atoms with van der Waals surface area (Å²) in [4.78, 5) is 10.0. The Kier molecular flexibility index (Phi) is 7.28. The Labute approximate surface area is 335 Å². The van der Waals surface area contributed by atoms with Gasteiger partial charge in [0.05, 0.1) is 33.5 Å². The maximum atomic E-state index is 5.14. The van der Waals surface area contributed by atoms with Crippen molar-refractivity contribution < 1.29 is 21.1 Å². The van der Waals surface area contributed by atoms with Crippen LogP contribution in [-0.4, -0.2) is 32.5 Å². The number of imidazole rings is 4. The first-order valence-corrected chi connectivity index (χ1v) is 18.4. The number of aromatic nitrogens is 7. The third-order valence-electron chi connectivity index (χ3n) is 10.8. The summed E-state index contributed by atoms with van der Waals surface area (Å²) < 4.78 is 11.2. The van der Waals surface area contributed by atoms with Crippen molar-refractivity contribution in [1.82, 2.24) is 32.5 Å². The van der Waals surface area contributed by atoms with E-state index in [0.717, 1.165) is 95.0 Å². The molecule has 0 aliphatic carbocycles. The first-order valence-electron chi connectivity index (χ1n) is 18.4. The first kappa shape index (κ1) is 32.5. The minimum Gasteiger partial charge on any atom is -0.358 e. The molecule has 0 aliphatic rings. The Morgan fingerprint density at radius 1 is 0.429 bits per heavy atom. The van der Waals surface area contributed by atoms with Crippen LogP contribution >= 0.6 is 0 Å². The Morgan fingerprint density at radius 3 is 1.84 bits per heavy atom. The molecule has 56 heavy (non-hydrogen) atoms. The summed E-state index contributed by atoms with van der Waals surface area (Å²) in [5.41, 5.74) is 13.3. The van der Waals surface area contributed by atoms with Gasteiger partial charge >= 0.3 is 21.1 Å². The SMILES string of the molecule is [Pt+2].[c-]1c(-n2c(-c3ccccc3)c(-c3ccccc3)n3ccnc23)cccc1-n1c2[c-]c(-n3c4ccccc4n4c5ccccc5nc34)ccc2c2ccccc21. The molecule has 0 saturated heterocycles. The number of hydrogen-bond donors (Lipinski definition) is 0. The van der Waals surface area contributed by atoms with Crippen molar-refractivity contribution in [1.29, 1.82) is 0 Å². The van der Waals surface area contributed by atoms with E-state index in [1.165, 1.54) is 0 Å². The van der Waals surface area contributed by atoms with E-state index in [1.54, 1.807) is 0 Å². The van der Waals surface area contributed by atoms with Crippen LogP contribution in [0.3, 0.4) is 0 Å². The van der Waals surface area contributed by atoms with E-state index in [1.807, 2.05) is 18.5 Å². The fraction of sp³-hybridized carbons (Fsp3) is 0. The van der Waals surface area contributed by atoms with Crippen LogP contribution in [0.15, 0.2) is 176 Å². The Hall–Kier alpha value is -6.95. The molecule has 5 aromatic heterocycles. The zero-order valence-corrected chi connectivity index (χ0v) is 32.0. The molecular weight excluding hydrogens is 870 g/mol. The number of para-hydroxylation sites is 5. The van der Waals surface area contributed by atoms with Crippen LogP contribution in [0.25, 0.3) is 95.0 Å². The molecule has 5 heterocycles. The van der Waals surface area contributed by atoms with E-state index in [2.05, 4.69) is 192 Å². The van der Waals surface area contributed by atoms with E-state index < -0.39 is 0 Å². The largest absolute Gasteiger partial charge is 2.00 e. The van der Waals surface area contributed by atoms with Gasteiger partial charge in [-0.2, -0.15) is 12.1 Å². The number of rotatable bonds is 5. The van der Waals surface area contributed by atoms with Gasteiger partial charge in [-0.05, 0) is 35.7 Å². The maximum absolute atomic E-state index is 5.14. The van der Waals surface area contributed by atoms with Gasteiger partial charge in [-0.1, -0.05) is 126 Å². The zero-order chi connectivity index (χ0) is 36.0. The normalized spacial score (nSPS) is 11.8. The summed E-state index contributed by atoms with van der Waals surface area (Å²) >= 11 is 0. The number of nitrogens with zero attached hydrogens (tertiary/aromatic N) is 7. The molecule has 0 radical (unpaired) electrons. The second-order valence-electron chi connectivity index (χ2n) is 13.8. The fourth-order valence-electron chi connectivity index (χ4n) is 8.47. The van der Waals surface area contributed by atoms with Gasteiger partial charge in [0.25, 0.3) is 0 Å². The molecule has 8 heteroatoms. The summed E-state index contributed by atoms with van der Waals surface area (Å²) in [6.07, 6.45) is 3.91. The van der Waals surface area contributed by atoms with Gasteiger partial charge in [-0.3, -0.25) is 8.80 Å². The molecule has 0 unspecified atom stereocenters. The third kappa shape index (κ3) is 4.61. The molecule has 0 aliphatic heterocycles. The summed E-state index contributed by atoms with van der Waals surface area (Å²) in [7, 11) is 0. The summed E-state index contributed by atoms with van der Waals surface area (Å²) in [6.45, 7) is 0. The van der Waals surface area contributed by atoms with Crippen molar-refractivity contribution in [2.45, 2.75) is 0 Å². The predicted octanol–water partition coefficient (Wildman–Crippen LogP) is 10.9. The molecule has 0 spiro atoms. The second-order valence-corrected chi connectivity index (χ2v) is 13.8. The van der Waals surface area contributed by atoms with E-state index in [4.69, 9.17) is 9.97 Å². The van der Waals surface area contributed by atoms with Crippen LogP contribution in [0.1, 0.15) is 0 Å². The number of benzene rings is 7. The Balaban J connectivity index is 0.00000363. The topological polar surface area (TPSA) is 49.4 Å². The second kappa shape index (κ2) is 12.6. The summed E-state index contributed by atoms with van der Waals surface area (Å²) in [5.74, 6) is 1.67. The van der Waals surface area contributed by atoms with Gasteiger partial charge < -0.3 is 13.7 Å². The number of hydrogen-bond acceptors (Lipinski definition) is 2. The smallest absolute Gasteiger partial charge is 0.358 e.